The zero-order chi connectivity index (χ0) is 13.1. The van der Waals surface area contributed by atoms with Crippen molar-refractivity contribution in [3.63, 3.8) is 0 Å². The second kappa shape index (κ2) is 5.10. The number of benzene rings is 1. The Morgan fingerprint density at radius 3 is 2.83 bits per heavy atom. The van der Waals surface area contributed by atoms with Crippen LogP contribution in [0.3, 0.4) is 0 Å². The highest BCUT2D eigenvalue weighted by Crippen LogP contribution is 2.23. The molecule has 94 valence electrons. The Hall–Kier alpha value is -2.01. The van der Waals surface area contributed by atoms with E-state index in [1.165, 1.54) is 0 Å². The van der Waals surface area contributed by atoms with Crippen molar-refractivity contribution in [1.29, 1.82) is 0 Å². The summed E-state index contributed by atoms with van der Waals surface area (Å²) >= 11 is 5.97. The summed E-state index contributed by atoms with van der Waals surface area (Å²) in [5.74, 6) is -0.534. The van der Waals surface area contributed by atoms with Crippen LogP contribution < -0.4 is 11.1 Å². The van der Waals surface area contributed by atoms with Crippen LogP contribution in [0, 0.1) is 0 Å². The number of amides is 1. The molecule has 1 aromatic heterocycles. The first kappa shape index (κ1) is 12.4. The fraction of sp³-hybridized carbons (Fsp3) is 0.167. The molecule has 1 heterocycles. The van der Waals surface area contributed by atoms with Crippen LogP contribution in [0.1, 0.15) is 29.0 Å². The van der Waals surface area contributed by atoms with E-state index < -0.39 is 5.91 Å². The number of H-pyrrole nitrogens is 1. The van der Waals surface area contributed by atoms with Gasteiger partial charge in [-0.2, -0.15) is 5.10 Å². The molecule has 1 amide bonds. The van der Waals surface area contributed by atoms with Crippen molar-refractivity contribution in [3.05, 3.63) is 46.7 Å². The number of carbonyl (C=O) groups excluding carboxylic acids is 1. The average Bonchev–Trinajstić information content (AvgIpc) is 2.81. The van der Waals surface area contributed by atoms with Gasteiger partial charge in [-0.15, -0.1) is 0 Å². The fourth-order valence-electron chi connectivity index (χ4n) is 1.64. The van der Waals surface area contributed by atoms with Gasteiger partial charge in [0.15, 0.2) is 0 Å². The highest BCUT2D eigenvalue weighted by atomic mass is 35.5. The molecule has 0 aliphatic rings. The number of nitrogens with one attached hydrogen (secondary N) is 2. The number of rotatable bonds is 4. The number of carbonyl (C=O) groups is 1. The van der Waals surface area contributed by atoms with Gasteiger partial charge in [-0.25, -0.2) is 0 Å². The van der Waals surface area contributed by atoms with E-state index in [4.69, 9.17) is 17.3 Å². The van der Waals surface area contributed by atoms with E-state index in [1.807, 2.05) is 13.0 Å². The van der Waals surface area contributed by atoms with Crippen LogP contribution in [0.5, 0.6) is 0 Å². The summed E-state index contributed by atoms with van der Waals surface area (Å²) in [6, 6.07) is 6.99. The number of aromatic amines is 1. The highest BCUT2D eigenvalue weighted by molar-refractivity contribution is 6.34. The lowest BCUT2D eigenvalue weighted by molar-refractivity contribution is 0.100. The van der Waals surface area contributed by atoms with E-state index in [0.717, 1.165) is 11.4 Å². The molecular formula is C12H13ClN4O. The first-order valence-electron chi connectivity index (χ1n) is 5.43. The van der Waals surface area contributed by atoms with Crippen LogP contribution in [0.4, 0.5) is 5.69 Å². The molecule has 5 nitrogen and oxygen atoms in total. The molecule has 0 bridgehead atoms. The van der Waals surface area contributed by atoms with Gasteiger partial charge in [-0.1, -0.05) is 11.6 Å². The monoisotopic (exact) mass is 264 g/mol. The summed E-state index contributed by atoms with van der Waals surface area (Å²) in [5, 5.41) is 10.4. The molecule has 4 N–H and O–H groups in total. The summed E-state index contributed by atoms with van der Waals surface area (Å²) < 4.78 is 0. The molecule has 0 spiro atoms. The maximum atomic E-state index is 11.0. The predicted molar refractivity (Wildman–Crippen MR) is 70.6 cm³/mol. The molecule has 2 rings (SSSR count). The van der Waals surface area contributed by atoms with Crippen molar-refractivity contribution in [3.8, 4) is 0 Å². The first-order chi connectivity index (χ1) is 8.58. The number of nitrogens with two attached hydrogens (primary N) is 1. The van der Waals surface area contributed by atoms with Crippen LogP contribution >= 0.6 is 11.6 Å². The number of nitrogens with zero attached hydrogens (tertiary/aromatic N) is 1. The third-order valence-corrected chi connectivity index (χ3v) is 2.92. The zero-order valence-corrected chi connectivity index (χ0v) is 10.5. The van der Waals surface area contributed by atoms with E-state index >= 15 is 0 Å². The van der Waals surface area contributed by atoms with Gasteiger partial charge in [0.25, 0.3) is 0 Å². The maximum absolute atomic E-state index is 11.0. The van der Waals surface area contributed by atoms with Crippen molar-refractivity contribution in [2.45, 2.75) is 13.0 Å². The van der Waals surface area contributed by atoms with Gasteiger partial charge in [0, 0.05) is 11.9 Å². The van der Waals surface area contributed by atoms with Gasteiger partial charge in [0.1, 0.15) is 0 Å². The summed E-state index contributed by atoms with van der Waals surface area (Å²) in [6.45, 7) is 1.99. The van der Waals surface area contributed by atoms with E-state index in [9.17, 15) is 4.79 Å². The summed E-state index contributed by atoms with van der Waals surface area (Å²) in [4.78, 5) is 11.0. The number of halogens is 1. The van der Waals surface area contributed by atoms with Crippen LogP contribution in [0.2, 0.25) is 5.02 Å². The summed E-state index contributed by atoms with van der Waals surface area (Å²) in [6.07, 6.45) is 1.69. The van der Waals surface area contributed by atoms with E-state index in [2.05, 4.69) is 15.5 Å². The smallest absolute Gasteiger partial charge is 0.250 e. The maximum Gasteiger partial charge on any atom is 0.250 e. The van der Waals surface area contributed by atoms with Gasteiger partial charge in [-0.05, 0) is 31.2 Å². The lowest BCUT2D eigenvalue weighted by atomic mass is 10.1. The van der Waals surface area contributed by atoms with Crippen molar-refractivity contribution < 1.29 is 4.79 Å². The molecular weight excluding hydrogens is 252 g/mol. The van der Waals surface area contributed by atoms with Gasteiger partial charge in [0.2, 0.25) is 5.91 Å². The van der Waals surface area contributed by atoms with Gasteiger partial charge < -0.3 is 11.1 Å². The van der Waals surface area contributed by atoms with Crippen molar-refractivity contribution in [2.24, 2.45) is 5.73 Å². The van der Waals surface area contributed by atoms with Crippen LogP contribution in [0.15, 0.2) is 30.5 Å². The van der Waals surface area contributed by atoms with Gasteiger partial charge in [-0.3, -0.25) is 9.89 Å². The van der Waals surface area contributed by atoms with E-state index in [0.29, 0.717) is 10.6 Å². The molecule has 18 heavy (non-hydrogen) atoms. The minimum Gasteiger partial charge on any atom is -0.377 e. The van der Waals surface area contributed by atoms with Crippen molar-refractivity contribution in [2.75, 3.05) is 5.32 Å². The van der Waals surface area contributed by atoms with E-state index in [1.54, 1.807) is 24.4 Å². The van der Waals surface area contributed by atoms with Crippen LogP contribution in [-0.2, 0) is 0 Å². The first-order valence-corrected chi connectivity index (χ1v) is 5.81. The SMILES string of the molecule is CC(Nc1ccc(C(N)=O)c(Cl)c1)c1ccn[nH]1. The zero-order valence-electron chi connectivity index (χ0n) is 9.77. The fourth-order valence-corrected chi connectivity index (χ4v) is 1.91. The number of anilines is 1. The quantitative estimate of drug-likeness (QED) is 0.792. The standard InChI is InChI=1S/C12H13ClN4O/c1-7(11-4-5-15-17-11)16-8-2-3-9(12(14)18)10(13)6-8/h2-7,16H,1H3,(H2,14,18)(H,15,17). The van der Waals surface area contributed by atoms with Crippen molar-refractivity contribution in [1.82, 2.24) is 10.2 Å². The number of hydrogen-bond donors (Lipinski definition) is 3. The Morgan fingerprint density at radius 2 is 2.28 bits per heavy atom. The van der Waals surface area contributed by atoms with Gasteiger partial charge in [0.05, 0.1) is 22.3 Å². The van der Waals surface area contributed by atoms with Crippen molar-refractivity contribution >= 4 is 23.2 Å². The number of primary amides is 1. The van der Waals surface area contributed by atoms with E-state index in [-0.39, 0.29) is 6.04 Å². The molecule has 0 aliphatic heterocycles. The number of aromatic nitrogens is 2. The topological polar surface area (TPSA) is 83.8 Å². The Bertz CT molecular complexity index is 553. The molecule has 0 saturated heterocycles. The molecule has 1 aromatic carbocycles. The molecule has 0 fully saturated rings. The Morgan fingerprint density at radius 1 is 1.50 bits per heavy atom. The highest BCUT2D eigenvalue weighted by Gasteiger charge is 2.10. The third kappa shape index (κ3) is 2.62. The minimum absolute atomic E-state index is 0.0583. The largest absolute Gasteiger partial charge is 0.377 e. The minimum atomic E-state index is -0.534. The van der Waals surface area contributed by atoms with Crippen LogP contribution in [0.25, 0.3) is 0 Å². The molecule has 0 radical (unpaired) electrons. The molecule has 1 atom stereocenters. The molecule has 0 aliphatic carbocycles. The molecule has 1 unspecified atom stereocenters. The Balaban J connectivity index is 2.15. The second-order valence-corrected chi connectivity index (χ2v) is 4.34. The Labute approximate surface area is 109 Å². The van der Waals surface area contributed by atoms with Gasteiger partial charge >= 0.3 is 0 Å². The Kier molecular flexibility index (Phi) is 3.53. The number of hydrogen-bond acceptors (Lipinski definition) is 3. The second-order valence-electron chi connectivity index (χ2n) is 3.94. The predicted octanol–water partition coefficient (Wildman–Crippen LogP) is 2.34. The average molecular weight is 265 g/mol. The molecule has 6 heteroatoms. The lowest BCUT2D eigenvalue weighted by Crippen LogP contribution is -2.12. The third-order valence-electron chi connectivity index (χ3n) is 2.61. The lowest BCUT2D eigenvalue weighted by Gasteiger charge is -2.14. The summed E-state index contributed by atoms with van der Waals surface area (Å²) in [5.41, 5.74) is 7.28. The molecule has 2 aromatic rings. The molecule has 0 saturated carbocycles. The summed E-state index contributed by atoms with van der Waals surface area (Å²) in [7, 11) is 0. The van der Waals surface area contributed by atoms with Crippen LogP contribution in [-0.4, -0.2) is 16.1 Å². The normalized spacial score (nSPS) is 12.1.